The number of benzene rings is 2. The van der Waals surface area contributed by atoms with Crippen molar-refractivity contribution in [2.24, 2.45) is 4.99 Å². The summed E-state index contributed by atoms with van der Waals surface area (Å²) in [6.45, 7) is -0.460. The van der Waals surface area contributed by atoms with Crippen LogP contribution in [0.15, 0.2) is 58.0 Å². The van der Waals surface area contributed by atoms with Crippen LogP contribution in [-0.4, -0.2) is 35.8 Å². The number of rotatable bonds is 3. The Morgan fingerprint density at radius 2 is 2.04 bits per heavy atom. The molecular formula is C19H13BrN2O3S. The van der Waals surface area contributed by atoms with Crippen LogP contribution in [0.1, 0.15) is 10.4 Å². The fourth-order valence-electron chi connectivity index (χ4n) is 3.05. The maximum absolute atomic E-state index is 12.6. The molecule has 26 heavy (non-hydrogen) atoms. The van der Waals surface area contributed by atoms with Crippen molar-refractivity contribution in [3.05, 3.63) is 63.4 Å². The van der Waals surface area contributed by atoms with E-state index in [-0.39, 0.29) is 19.0 Å². The van der Waals surface area contributed by atoms with Crippen LogP contribution in [0.5, 0.6) is 0 Å². The highest BCUT2D eigenvalue weighted by molar-refractivity contribution is 9.10. The summed E-state index contributed by atoms with van der Waals surface area (Å²) in [6, 6.07) is 15.4. The van der Waals surface area contributed by atoms with E-state index in [4.69, 9.17) is 0 Å². The molecule has 0 bridgehead atoms. The number of carboxylic acids is 1. The normalized spacial score (nSPS) is 14.1. The van der Waals surface area contributed by atoms with E-state index in [9.17, 15) is 14.7 Å². The molecule has 0 spiro atoms. The Bertz CT molecular complexity index is 1070. The average Bonchev–Trinajstić information content (AvgIpc) is 2.92. The third-order valence-corrected chi connectivity index (χ3v) is 5.78. The largest absolute Gasteiger partial charge is 0.480 e. The van der Waals surface area contributed by atoms with E-state index in [2.05, 4.69) is 20.9 Å². The highest BCUT2D eigenvalue weighted by Gasteiger charge is 2.30. The zero-order valence-corrected chi connectivity index (χ0v) is 15.9. The molecule has 0 saturated carbocycles. The van der Waals surface area contributed by atoms with E-state index < -0.39 is 5.97 Å². The zero-order valence-electron chi connectivity index (χ0n) is 13.5. The fraction of sp³-hybridized carbons (Fsp3) is 0.105. The summed E-state index contributed by atoms with van der Waals surface area (Å²) in [5.41, 5.74) is 2.23. The van der Waals surface area contributed by atoms with Crippen LogP contribution in [0.2, 0.25) is 0 Å². The SMILES string of the molecule is O=C(O)CN1C(=O)CN=C(c2cccc(Br)c2)c2sc3ccccc3c21. The molecule has 0 aliphatic carbocycles. The Hall–Kier alpha value is -2.51. The van der Waals surface area contributed by atoms with Gasteiger partial charge in [0.25, 0.3) is 0 Å². The van der Waals surface area contributed by atoms with E-state index in [1.54, 1.807) is 0 Å². The first-order valence-corrected chi connectivity index (χ1v) is 9.50. The van der Waals surface area contributed by atoms with Crippen LogP contribution < -0.4 is 4.90 Å². The molecule has 0 saturated heterocycles. The number of nitrogens with zero attached hydrogens (tertiary/aromatic N) is 2. The minimum atomic E-state index is -1.05. The third-order valence-electron chi connectivity index (χ3n) is 4.12. The number of aliphatic carboxylic acids is 1. The maximum atomic E-state index is 12.6. The number of anilines is 1. The van der Waals surface area contributed by atoms with Crippen molar-refractivity contribution in [2.75, 3.05) is 18.0 Å². The number of thiophene rings is 1. The van der Waals surface area contributed by atoms with E-state index in [1.165, 1.54) is 16.2 Å². The first-order valence-electron chi connectivity index (χ1n) is 7.89. The Labute approximate surface area is 161 Å². The van der Waals surface area contributed by atoms with Crippen LogP contribution in [-0.2, 0) is 9.59 Å². The van der Waals surface area contributed by atoms with Crippen LogP contribution >= 0.6 is 27.3 Å². The van der Waals surface area contributed by atoms with Gasteiger partial charge >= 0.3 is 5.97 Å². The lowest BCUT2D eigenvalue weighted by Crippen LogP contribution is -2.36. The second kappa shape index (κ2) is 6.66. The highest BCUT2D eigenvalue weighted by Crippen LogP contribution is 2.41. The molecule has 1 aliphatic heterocycles. The second-order valence-corrected chi connectivity index (χ2v) is 7.79. The van der Waals surface area contributed by atoms with Crippen molar-refractivity contribution >= 4 is 60.6 Å². The van der Waals surface area contributed by atoms with Crippen molar-refractivity contribution in [3.8, 4) is 0 Å². The molecule has 1 aliphatic rings. The number of carbonyl (C=O) groups is 2. The van der Waals surface area contributed by atoms with E-state index in [1.807, 2.05) is 48.5 Å². The Balaban J connectivity index is 1.99. The summed E-state index contributed by atoms with van der Waals surface area (Å²) in [6.07, 6.45) is 0. The number of carbonyl (C=O) groups excluding carboxylic acids is 1. The average molecular weight is 429 g/mol. The van der Waals surface area contributed by atoms with Gasteiger partial charge in [-0.25, -0.2) is 0 Å². The predicted octanol–water partition coefficient (Wildman–Crippen LogP) is 3.93. The highest BCUT2D eigenvalue weighted by atomic mass is 79.9. The molecule has 130 valence electrons. The molecule has 0 unspecified atom stereocenters. The summed E-state index contributed by atoms with van der Waals surface area (Å²) in [5.74, 6) is -1.37. The van der Waals surface area contributed by atoms with Gasteiger partial charge in [0.15, 0.2) is 0 Å². The van der Waals surface area contributed by atoms with Crippen molar-refractivity contribution in [2.45, 2.75) is 0 Å². The van der Waals surface area contributed by atoms with E-state index >= 15 is 0 Å². The standard InChI is InChI=1S/C19H13BrN2O3S/c20-12-5-3-4-11(8-12)17-19-18(13-6-1-2-7-14(13)26-19)22(10-16(24)25)15(23)9-21-17/h1-8H,9-10H2,(H,24,25). The van der Waals surface area contributed by atoms with E-state index in [0.29, 0.717) is 11.4 Å². The lowest BCUT2D eigenvalue weighted by molar-refractivity contribution is -0.136. The maximum Gasteiger partial charge on any atom is 0.323 e. The predicted molar refractivity (Wildman–Crippen MR) is 106 cm³/mol. The first kappa shape index (κ1) is 16.9. The molecule has 0 atom stereocenters. The summed E-state index contributed by atoms with van der Waals surface area (Å²) in [7, 11) is 0. The molecular weight excluding hydrogens is 416 g/mol. The molecule has 7 heteroatoms. The molecule has 2 aromatic carbocycles. The van der Waals surface area contributed by atoms with Crippen molar-refractivity contribution in [3.63, 3.8) is 0 Å². The van der Waals surface area contributed by atoms with Crippen LogP contribution in [0.25, 0.3) is 10.1 Å². The van der Waals surface area contributed by atoms with Gasteiger partial charge in [-0.15, -0.1) is 11.3 Å². The minimum absolute atomic E-state index is 0.0785. The number of fused-ring (bicyclic) bond motifs is 3. The Morgan fingerprint density at radius 3 is 2.81 bits per heavy atom. The molecule has 5 nitrogen and oxygen atoms in total. The first-order chi connectivity index (χ1) is 12.5. The van der Waals surface area contributed by atoms with Crippen LogP contribution in [0.4, 0.5) is 5.69 Å². The lowest BCUT2D eigenvalue weighted by atomic mass is 10.1. The van der Waals surface area contributed by atoms with Gasteiger partial charge in [-0.3, -0.25) is 19.5 Å². The Kier molecular flexibility index (Phi) is 4.34. The summed E-state index contributed by atoms with van der Waals surface area (Å²) < 4.78 is 1.91. The Morgan fingerprint density at radius 1 is 1.23 bits per heavy atom. The zero-order chi connectivity index (χ0) is 18.3. The summed E-state index contributed by atoms with van der Waals surface area (Å²) in [5, 5.41) is 10.2. The van der Waals surface area contributed by atoms with Crippen molar-refractivity contribution < 1.29 is 14.7 Å². The molecule has 0 fully saturated rings. The van der Waals surface area contributed by atoms with Gasteiger partial charge in [-0.05, 0) is 18.2 Å². The molecule has 1 N–H and O–H groups in total. The number of halogens is 1. The molecule has 1 aromatic heterocycles. The number of amides is 1. The molecule has 0 radical (unpaired) electrons. The van der Waals surface area contributed by atoms with Gasteiger partial charge in [0.2, 0.25) is 5.91 Å². The third kappa shape index (κ3) is 2.93. The smallest absolute Gasteiger partial charge is 0.323 e. The van der Waals surface area contributed by atoms with Crippen molar-refractivity contribution in [1.29, 1.82) is 0 Å². The number of hydrogen-bond acceptors (Lipinski definition) is 4. The van der Waals surface area contributed by atoms with Gasteiger partial charge in [0, 0.05) is 20.1 Å². The quantitative estimate of drug-likeness (QED) is 0.686. The molecule has 4 rings (SSSR count). The number of aliphatic imine (C=N–C) groups is 1. The number of hydrogen-bond donors (Lipinski definition) is 1. The topological polar surface area (TPSA) is 70.0 Å². The van der Waals surface area contributed by atoms with E-state index in [0.717, 1.165) is 25.0 Å². The molecule has 3 aromatic rings. The lowest BCUT2D eigenvalue weighted by Gasteiger charge is -2.19. The van der Waals surface area contributed by atoms with Gasteiger partial charge in [-0.2, -0.15) is 0 Å². The van der Waals surface area contributed by atoms with Gasteiger partial charge in [0.1, 0.15) is 13.1 Å². The molecule has 1 amide bonds. The monoisotopic (exact) mass is 428 g/mol. The molecule has 2 heterocycles. The van der Waals surface area contributed by atoms with Crippen LogP contribution in [0, 0.1) is 0 Å². The minimum Gasteiger partial charge on any atom is -0.480 e. The van der Waals surface area contributed by atoms with Crippen molar-refractivity contribution in [1.82, 2.24) is 0 Å². The van der Waals surface area contributed by atoms with Gasteiger partial charge in [0.05, 0.1) is 16.3 Å². The second-order valence-electron chi connectivity index (χ2n) is 5.82. The fourth-order valence-corrected chi connectivity index (χ4v) is 4.69. The van der Waals surface area contributed by atoms with Crippen LogP contribution in [0.3, 0.4) is 0 Å². The number of carboxylic acid groups (broad SMARTS) is 1. The summed E-state index contributed by atoms with van der Waals surface area (Å²) >= 11 is 4.99. The van der Waals surface area contributed by atoms with Gasteiger partial charge in [-0.1, -0.05) is 46.3 Å². The van der Waals surface area contributed by atoms with Gasteiger partial charge < -0.3 is 5.11 Å². The summed E-state index contributed by atoms with van der Waals surface area (Å²) in [4.78, 5) is 30.7.